The molecule has 0 unspecified atom stereocenters. The molecule has 1 spiro atoms. The van der Waals surface area contributed by atoms with Gasteiger partial charge in [-0.3, -0.25) is 4.79 Å². The first-order valence-electron chi connectivity index (χ1n) is 9.84. The van der Waals surface area contributed by atoms with Gasteiger partial charge in [-0.15, -0.1) is 0 Å². The van der Waals surface area contributed by atoms with Gasteiger partial charge in [-0.25, -0.2) is 9.97 Å². The summed E-state index contributed by atoms with van der Waals surface area (Å²) >= 11 is 0. The molecule has 0 N–H and O–H groups in total. The zero-order chi connectivity index (χ0) is 21.4. The zero-order valence-corrected chi connectivity index (χ0v) is 16.6. The normalized spacial score (nSPS) is 23.7. The third kappa shape index (κ3) is 4.12. The van der Waals surface area contributed by atoms with E-state index in [1.807, 2.05) is 42.2 Å². The van der Waals surface area contributed by atoms with E-state index in [2.05, 4.69) is 9.97 Å². The van der Waals surface area contributed by atoms with Gasteiger partial charge < -0.3 is 14.5 Å². The van der Waals surface area contributed by atoms with E-state index >= 15 is 0 Å². The number of hydrogen-bond acceptors (Lipinski definition) is 5. The molecule has 2 fully saturated rings. The molecule has 2 aliphatic heterocycles. The van der Waals surface area contributed by atoms with Crippen molar-refractivity contribution in [2.24, 2.45) is 5.41 Å². The van der Waals surface area contributed by atoms with Crippen molar-refractivity contribution >= 4 is 11.7 Å². The molecule has 1 aromatic heterocycles. The fraction of sp³-hybridized carbons (Fsp3) is 0.476. The van der Waals surface area contributed by atoms with Crippen LogP contribution in [0.2, 0.25) is 0 Å². The van der Waals surface area contributed by atoms with Crippen LogP contribution in [-0.4, -0.2) is 53.6 Å². The number of halogens is 3. The molecule has 160 valence electrons. The number of carbonyl (C=O) groups is 1. The second-order valence-electron chi connectivity index (χ2n) is 8.02. The van der Waals surface area contributed by atoms with Crippen molar-refractivity contribution in [1.29, 1.82) is 0 Å². The van der Waals surface area contributed by atoms with E-state index in [1.54, 1.807) is 4.90 Å². The van der Waals surface area contributed by atoms with E-state index in [-0.39, 0.29) is 24.2 Å². The maximum atomic E-state index is 13.1. The van der Waals surface area contributed by atoms with Gasteiger partial charge in [0.25, 0.3) is 0 Å². The van der Waals surface area contributed by atoms with Crippen LogP contribution in [0.4, 0.5) is 19.0 Å². The number of carbonyl (C=O) groups excluding carboxylic acids is 1. The minimum Gasteiger partial charge on any atom is -0.379 e. The monoisotopic (exact) mass is 420 g/mol. The molecular formula is C21H23F3N4O2. The number of alkyl halides is 3. The Balaban J connectivity index is 1.57. The smallest absolute Gasteiger partial charge is 0.379 e. The molecule has 2 aliphatic rings. The number of aromatic nitrogens is 2. The molecule has 2 saturated heterocycles. The molecule has 2 aromatic rings. The highest BCUT2D eigenvalue weighted by molar-refractivity contribution is 5.80. The first-order chi connectivity index (χ1) is 14.3. The Kier molecular flexibility index (Phi) is 5.40. The summed E-state index contributed by atoms with van der Waals surface area (Å²) in [7, 11) is 0. The quantitative estimate of drug-likeness (QED) is 0.763. The lowest BCUT2D eigenvalue weighted by Crippen LogP contribution is -2.41. The molecule has 1 aromatic carbocycles. The summed E-state index contributed by atoms with van der Waals surface area (Å²) in [5, 5.41) is 0. The average molecular weight is 420 g/mol. The standard InChI is InChI=1S/C21H23F3N4O2/c1-15(16-5-3-2-4-6-16)28-12-20(10-19(28)29)11-27(7-8-30-13-20)18-9-17(21(22,23)24)25-14-26-18/h2-6,9,14-15H,7-8,10-13H2,1H3/t15-,20-/m1/s1. The predicted molar refractivity (Wildman–Crippen MR) is 104 cm³/mol. The van der Waals surface area contributed by atoms with Gasteiger partial charge in [-0.1, -0.05) is 30.3 Å². The van der Waals surface area contributed by atoms with Crippen molar-refractivity contribution in [2.45, 2.75) is 25.6 Å². The average Bonchev–Trinajstić information content (AvgIpc) is 2.91. The van der Waals surface area contributed by atoms with Crippen LogP contribution < -0.4 is 4.90 Å². The summed E-state index contributed by atoms with van der Waals surface area (Å²) in [4.78, 5) is 23.9. The molecular weight excluding hydrogens is 397 g/mol. The molecule has 3 heterocycles. The molecule has 1 amide bonds. The topological polar surface area (TPSA) is 58.6 Å². The summed E-state index contributed by atoms with van der Waals surface area (Å²) in [5.41, 5.74) is -0.437. The van der Waals surface area contributed by atoms with E-state index in [0.29, 0.717) is 32.8 Å². The summed E-state index contributed by atoms with van der Waals surface area (Å²) in [5.74, 6) is 0.222. The van der Waals surface area contributed by atoms with Crippen LogP contribution in [0.25, 0.3) is 0 Å². The van der Waals surface area contributed by atoms with E-state index in [4.69, 9.17) is 4.74 Å². The molecule has 0 aliphatic carbocycles. The second-order valence-corrected chi connectivity index (χ2v) is 8.02. The lowest BCUT2D eigenvalue weighted by Gasteiger charge is -2.33. The molecule has 6 nitrogen and oxygen atoms in total. The van der Waals surface area contributed by atoms with Crippen molar-refractivity contribution < 1.29 is 22.7 Å². The lowest BCUT2D eigenvalue weighted by molar-refractivity contribution is -0.141. The van der Waals surface area contributed by atoms with Gasteiger partial charge in [0.2, 0.25) is 5.91 Å². The number of hydrogen-bond donors (Lipinski definition) is 0. The highest BCUT2D eigenvalue weighted by Crippen LogP contribution is 2.39. The zero-order valence-electron chi connectivity index (χ0n) is 16.6. The molecule has 0 bridgehead atoms. The Bertz CT molecular complexity index is 909. The summed E-state index contributed by atoms with van der Waals surface area (Å²) in [6.07, 6.45) is -3.32. The first kappa shape index (κ1) is 20.6. The largest absolute Gasteiger partial charge is 0.433 e. The molecule has 2 atom stereocenters. The Morgan fingerprint density at radius 3 is 2.67 bits per heavy atom. The third-order valence-corrected chi connectivity index (χ3v) is 5.81. The SMILES string of the molecule is C[C@H](c1ccccc1)N1C[C@@]2(COCCN(c3cc(C(F)(F)F)ncn3)C2)CC1=O. The molecule has 0 radical (unpaired) electrons. The van der Waals surface area contributed by atoms with Gasteiger partial charge in [0.15, 0.2) is 0 Å². The van der Waals surface area contributed by atoms with E-state index in [0.717, 1.165) is 18.0 Å². The minimum atomic E-state index is -4.54. The Hall–Kier alpha value is -2.68. The fourth-order valence-electron chi connectivity index (χ4n) is 4.26. The van der Waals surface area contributed by atoms with Crippen LogP contribution in [0.1, 0.15) is 30.6 Å². The van der Waals surface area contributed by atoms with Gasteiger partial charge in [-0.05, 0) is 12.5 Å². The Labute approximate surface area is 172 Å². The van der Waals surface area contributed by atoms with Gasteiger partial charge in [0.1, 0.15) is 17.8 Å². The number of likely N-dealkylation sites (tertiary alicyclic amines) is 1. The number of benzene rings is 1. The molecule has 4 rings (SSSR count). The Morgan fingerprint density at radius 1 is 1.17 bits per heavy atom. The van der Waals surface area contributed by atoms with Crippen molar-refractivity contribution in [3.63, 3.8) is 0 Å². The molecule has 0 saturated carbocycles. The Morgan fingerprint density at radius 2 is 1.93 bits per heavy atom. The van der Waals surface area contributed by atoms with Crippen LogP contribution in [-0.2, 0) is 15.7 Å². The number of rotatable bonds is 3. The van der Waals surface area contributed by atoms with Crippen molar-refractivity contribution in [3.05, 3.63) is 54.0 Å². The van der Waals surface area contributed by atoms with Crippen molar-refractivity contribution in [3.8, 4) is 0 Å². The van der Waals surface area contributed by atoms with Crippen LogP contribution >= 0.6 is 0 Å². The first-order valence-corrected chi connectivity index (χ1v) is 9.84. The molecule has 30 heavy (non-hydrogen) atoms. The minimum absolute atomic E-state index is 0.0236. The number of amides is 1. The van der Waals surface area contributed by atoms with Crippen molar-refractivity contribution in [2.75, 3.05) is 37.7 Å². The van der Waals surface area contributed by atoms with Crippen LogP contribution in [0, 0.1) is 5.41 Å². The maximum absolute atomic E-state index is 13.1. The highest BCUT2D eigenvalue weighted by atomic mass is 19.4. The summed E-state index contributed by atoms with van der Waals surface area (Å²) in [6, 6.07) is 10.6. The van der Waals surface area contributed by atoms with E-state index in [9.17, 15) is 18.0 Å². The second kappa shape index (κ2) is 7.86. The lowest BCUT2D eigenvalue weighted by atomic mass is 9.87. The van der Waals surface area contributed by atoms with Gasteiger partial charge in [0.05, 0.1) is 19.3 Å². The predicted octanol–water partition coefficient (Wildman–Crippen LogP) is 3.31. The van der Waals surface area contributed by atoms with Crippen LogP contribution in [0.5, 0.6) is 0 Å². The number of nitrogens with zero attached hydrogens (tertiary/aromatic N) is 4. The van der Waals surface area contributed by atoms with Gasteiger partial charge in [0, 0.05) is 37.5 Å². The van der Waals surface area contributed by atoms with Crippen molar-refractivity contribution in [1.82, 2.24) is 14.9 Å². The van der Waals surface area contributed by atoms with Gasteiger partial charge >= 0.3 is 6.18 Å². The highest BCUT2D eigenvalue weighted by Gasteiger charge is 2.47. The van der Waals surface area contributed by atoms with Crippen LogP contribution in [0.3, 0.4) is 0 Å². The number of ether oxygens (including phenoxy) is 1. The van der Waals surface area contributed by atoms with E-state index < -0.39 is 17.3 Å². The third-order valence-electron chi connectivity index (χ3n) is 5.81. The maximum Gasteiger partial charge on any atom is 0.433 e. The van der Waals surface area contributed by atoms with Gasteiger partial charge in [-0.2, -0.15) is 13.2 Å². The fourth-order valence-corrected chi connectivity index (χ4v) is 4.26. The van der Waals surface area contributed by atoms with Crippen LogP contribution in [0.15, 0.2) is 42.7 Å². The molecule has 9 heteroatoms. The summed E-state index contributed by atoms with van der Waals surface area (Å²) < 4.78 is 45.0. The summed E-state index contributed by atoms with van der Waals surface area (Å²) in [6.45, 7) is 4.00. The van der Waals surface area contributed by atoms with E-state index in [1.165, 1.54) is 0 Å². The number of anilines is 1.